The van der Waals surface area contributed by atoms with E-state index in [1.165, 1.54) is 0 Å². The molecule has 0 heterocycles. The van der Waals surface area contributed by atoms with E-state index in [0.29, 0.717) is 13.1 Å². The lowest BCUT2D eigenvalue weighted by molar-refractivity contribution is -0.138. The Hall–Kier alpha value is -1.39. The zero-order valence-electron chi connectivity index (χ0n) is 13.0. The van der Waals surface area contributed by atoms with Crippen molar-refractivity contribution < 1.29 is 9.53 Å². The smallest absolute Gasteiger partial charge is 0.248 e. The van der Waals surface area contributed by atoms with Gasteiger partial charge in [-0.1, -0.05) is 30.3 Å². The van der Waals surface area contributed by atoms with Crippen LogP contribution in [0.4, 0.5) is 0 Å². The van der Waals surface area contributed by atoms with Crippen LogP contribution in [0, 0.1) is 0 Å². The summed E-state index contributed by atoms with van der Waals surface area (Å²) in [6.07, 6.45) is 0.0753. The number of hydrogen-bond acceptors (Lipinski definition) is 3. The maximum Gasteiger partial charge on any atom is 0.248 e. The quantitative estimate of drug-likeness (QED) is 0.729. The maximum atomic E-state index is 12.2. The van der Waals surface area contributed by atoms with Crippen LogP contribution < -0.4 is 0 Å². The molecule has 1 amide bonds. The van der Waals surface area contributed by atoms with Crippen molar-refractivity contribution in [1.82, 2.24) is 9.80 Å². The third-order valence-corrected chi connectivity index (χ3v) is 2.93. The molecule has 1 aromatic carbocycles. The van der Waals surface area contributed by atoms with E-state index in [1.807, 2.05) is 63.2 Å². The molecule has 112 valence electrons. The molecule has 0 unspecified atom stereocenters. The van der Waals surface area contributed by atoms with E-state index < -0.39 is 0 Å². The van der Waals surface area contributed by atoms with Crippen molar-refractivity contribution in [1.29, 1.82) is 0 Å². The first-order chi connectivity index (χ1) is 9.49. The number of rotatable bonds is 8. The molecule has 0 aliphatic rings. The molecular weight excluding hydrogens is 252 g/mol. The van der Waals surface area contributed by atoms with E-state index in [4.69, 9.17) is 4.74 Å². The number of carbonyl (C=O) groups excluding carboxylic acids is 1. The largest absolute Gasteiger partial charge is 0.369 e. The molecule has 1 rings (SSSR count). The minimum atomic E-state index is 0.0457. The van der Waals surface area contributed by atoms with Crippen molar-refractivity contribution >= 4 is 5.91 Å². The number of benzene rings is 1. The summed E-state index contributed by atoms with van der Waals surface area (Å²) in [6.45, 7) is 6.22. The number of likely N-dealkylation sites (N-methyl/N-ethyl adjacent to an activating group) is 1. The highest BCUT2D eigenvalue weighted by atomic mass is 16.5. The Labute approximate surface area is 122 Å². The Kier molecular flexibility index (Phi) is 7.26. The van der Waals surface area contributed by atoms with E-state index in [0.717, 1.165) is 12.1 Å². The zero-order chi connectivity index (χ0) is 15.0. The van der Waals surface area contributed by atoms with Crippen molar-refractivity contribution in [3.63, 3.8) is 0 Å². The standard InChI is InChI=1S/C16H26N2O2/c1-14(2)20-13-16(19)18(11-10-17(3)4)12-15-8-6-5-7-9-15/h5-9,14H,10-13H2,1-4H3. The molecule has 0 aliphatic carbocycles. The minimum Gasteiger partial charge on any atom is -0.369 e. The van der Waals surface area contributed by atoms with Crippen LogP contribution in [-0.4, -0.2) is 55.6 Å². The third kappa shape index (κ3) is 6.68. The number of hydrogen-bond donors (Lipinski definition) is 0. The first-order valence-corrected chi connectivity index (χ1v) is 7.07. The van der Waals surface area contributed by atoms with Crippen molar-refractivity contribution in [3.05, 3.63) is 35.9 Å². The Morgan fingerprint density at radius 1 is 1.15 bits per heavy atom. The highest BCUT2D eigenvalue weighted by Crippen LogP contribution is 2.05. The van der Waals surface area contributed by atoms with Gasteiger partial charge in [-0.3, -0.25) is 4.79 Å². The molecule has 4 nitrogen and oxygen atoms in total. The van der Waals surface area contributed by atoms with Crippen LogP contribution in [0.25, 0.3) is 0 Å². The highest BCUT2D eigenvalue weighted by Gasteiger charge is 2.14. The van der Waals surface area contributed by atoms with E-state index in [2.05, 4.69) is 4.90 Å². The SMILES string of the molecule is CC(C)OCC(=O)N(CCN(C)C)Cc1ccccc1. The summed E-state index contributed by atoms with van der Waals surface area (Å²) in [5.41, 5.74) is 1.14. The van der Waals surface area contributed by atoms with E-state index in [1.54, 1.807) is 0 Å². The zero-order valence-corrected chi connectivity index (χ0v) is 13.0. The van der Waals surface area contributed by atoms with Gasteiger partial charge in [-0.2, -0.15) is 0 Å². The summed E-state index contributed by atoms with van der Waals surface area (Å²) in [6, 6.07) is 10.1. The van der Waals surface area contributed by atoms with Crippen molar-refractivity contribution in [2.45, 2.75) is 26.5 Å². The highest BCUT2D eigenvalue weighted by molar-refractivity contribution is 5.77. The fourth-order valence-electron chi connectivity index (χ4n) is 1.75. The molecule has 0 atom stereocenters. The molecule has 0 aliphatic heterocycles. The second-order valence-corrected chi connectivity index (χ2v) is 5.46. The predicted octanol–water partition coefficient (Wildman–Crippen LogP) is 2.00. The molecule has 1 aromatic rings. The molecule has 0 spiro atoms. The monoisotopic (exact) mass is 278 g/mol. The molecule has 0 radical (unpaired) electrons. The summed E-state index contributed by atoms with van der Waals surface area (Å²) in [5, 5.41) is 0. The maximum absolute atomic E-state index is 12.2. The van der Waals surface area contributed by atoms with Crippen LogP contribution in [0.15, 0.2) is 30.3 Å². The number of carbonyl (C=O) groups is 1. The molecule has 0 fully saturated rings. The second-order valence-electron chi connectivity index (χ2n) is 5.46. The lowest BCUT2D eigenvalue weighted by Crippen LogP contribution is -2.38. The summed E-state index contributed by atoms with van der Waals surface area (Å²) < 4.78 is 5.42. The minimum absolute atomic E-state index is 0.0457. The third-order valence-electron chi connectivity index (χ3n) is 2.93. The van der Waals surface area contributed by atoms with Gasteiger partial charge in [0.05, 0.1) is 6.10 Å². The van der Waals surface area contributed by atoms with E-state index in [-0.39, 0.29) is 18.6 Å². The second kappa shape index (κ2) is 8.72. The fourth-order valence-corrected chi connectivity index (χ4v) is 1.75. The van der Waals surface area contributed by atoms with Crippen molar-refractivity contribution in [2.75, 3.05) is 33.8 Å². The first-order valence-electron chi connectivity index (χ1n) is 7.07. The van der Waals surface area contributed by atoms with E-state index >= 15 is 0 Å². The molecule has 0 bridgehead atoms. The van der Waals surface area contributed by atoms with Gasteiger partial charge in [0.2, 0.25) is 5.91 Å². The van der Waals surface area contributed by atoms with E-state index in [9.17, 15) is 4.79 Å². The molecule has 0 N–H and O–H groups in total. The van der Waals surface area contributed by atoms with Crippen LogP contribution >= 0.6 is 0 Å². The van der Waals surface area contributed by atoms with Gasteiger partial charge in [0.25, 0.3) is 0 Å². The topological polar surface area (TPSA) is 32.8 Å². The lowest BCUT2D eigenvalue weighted by Gasteiger charge is -2.25. The van der Waals surface area contributed by atoms with Gasteiger partial charge >= 0.3 is 0 Å². The molecular formula is C16H26N2O2. The van der Waals surface area contributed by atoms with Gasteiger partial charge in [0.15, 0.2) is 0 Å². The summed E-state index contributed by atoms with van der Waals surface area (Å²) in [7, 11) is 4.02. The fraction of sp³-hybridized carbons (Fsp3) is 0.562. The first kappa shape index (κ1) is 16.7. The number of amides is 1. The Morgan fingerprint density at radius 2 is 1.80 bits per heavy atom. The van der Waals surface area contributed by atoms with Crippen molar-refractivity contribution in [3.8, 4) is 0 Å². The van der Waals surface area contributed by atoms with Crippen molar-refractivity contribution in [2.24, 2.45) is 0 Å². The van der Waals surface area contributed by atoms with Gasteiger partial charge in [-0.15, -0.1) is 0 Å². The summed E-state index contributed by atoms with van der Waals surface area (Å²) >= 11 is 0. The predicted molar refractivity (Wildman–Crippen MR) is 81.5 cm³/mol. The van der Waals surface area contributed by atoms with Gasteiger partial charge in [0, 0.05) is 19.6 Å². The molecule has 0 saturated carbocycles. The summed E-state index contributed by atoms with van der Waals surface area (Å²) in [5.74, 6) is 0.0457. The summed E-state index contributed by atoms with van der Waals surface area (Å²) in [4.78, 5) is 16.2. The average Bonchev–Trinajstić information content (AvgIpc) is 2.41. The Bertz CT molecular complexity index is 391. The van der Waals surface area contributed by atoms with Gasteiger partial charge in [-0.05, 0) is 33.5 Å². The lowest BCUT2D eigenvalue weighted by atomic mass is 10.2. The molecule has 4 heteroatoms. The average molecular weight is 278 g/mol. The van der Waals surface area contributed by atoms with Gasteiger partial charge in [0.1, 0.15) is 6.61 Å². The Morgan fingerprint density at radius 3 is 2.35 bits per heavy atom. The number of ether oxygens (including phenoxy) is 1. The number of nitrogens with zero attached hydrogens (tertiary/aromatic N) is 2. The molecule has 0 aromatic heterocycles. The van der Waals surface area contributed by atoms with Crippen LogP contribution in [0.3, 0.4) is 0 Å². The Balaban J connectivity index is 2.61. The van der Waals surface area contributed by atoms with Gasteiger partial charge in [-0.25, -0.2) is 0 Å². The normalized spacial score (nSPS) is 11.1. The molecule has 0 saturated heterocycles. The van der Waals surface area contributed by atoms with Crippen LogP contribution in [0.1, 0.15) is 19.4 Å². The van der Waals surface area contributed by atoms with Crippen LogP contribution in [0.5, 0.6) is 0 Å². The van der Waals surface area contributed by atoms with Crippen LogP contribution in [0.2, 0.25) is 0 Å². The van der Waals surface area contributed by atoms with Crippen LogP contribution in [-0.2, 0) is 16.1 Å². The van der Waals surface area contributed by atoms with Gasteiger partial charge < -0.3 is 14.5 Å². The molecule has 20 heavy (non-hydrogen) atoms.